The van der Waals surface area contributed by atoms with E-state index in [-0.39, 0.29) is 5.82 Å². The van der Waals surface area contributed by atoms with Gasteiger partial charge in [-0.3, -0.25) is 4.98 Å². The van der Waals surface area contributed by atoms with Crippen LogP contribution >= 0.6 is 22.6 Å². The normalized spacial score (nSPS) is 10.7. The van der Waals surface area contributed by atoms with Crippen LogP contribution in [0.1, 0.15) is 5.56 Å². The summed E-state index contributed by atoms with van der Waals surface area (Å²) in [5, 5.41) is 0.856. The van der Waals surface area contributed by atoms with Gasteiger partial charge in [-0.05, 0) is 41.1 Å². The maximum Gasteiger partial charge on any atom is 0.152 e. The van der Waals surface area contributed by atoms with E-state index in [1.165, 1.54) is 0 Å². The molecule has 0 aliphatic rings. The van der Waals surface area contributed by atoms with Crippen LogP contribution in [0.3, 0.4) is 0 Å². The smallest absolute Gasteiger partial charge is 0.152 e. The van der Waals surface area contributed by atoms with Crippen LogP contribution in [0, 0.1) is 16.3 Å². The first-order chi connectivity index (χ1) is 6.18. The van der Waals surface area contributed by atoms with Gasteiger partial charge in [0.1, 0.15) is 5.52 Å². The van der Waals surface area contributed by atoms with E-state index in [4.69, 9.17) is 0 Å². The van der Waals surface area contributed by atoms with Gasteiger partial charge in [-0.25, -0.2) is 4.39 Å². The Morgan fingerprint density at radius 1 is 1.38 bits per heavy atom. The number of halogens is 2. The van der Waals surface area contributed by atoms with E-state index in [2.05, 4.69) is 27.6 Å². The summed E-state index contributed by atoms with van der Waals surface area (Å²) >= 11 is 2.16. The number of aryl methyl sites for hydroxylation is 1. The Bertz CT molecular complexity index is 468. The molecule has 0 bridgehead atoms. The first-order valence-corrected chi connectivity index (χ1v) is 4.97. The predicted octanol–water partition coefficient (Wildman–Crippen LogP) is 3.29. The molecule has 0 amide bonds. The van der Waals surface area contributed by atoms with Crippen LogP contribution in [-0.4, -0.2) is 4.98 Å². The molecule has 1 aromatic carbocycles. The molecule has 0 saturated carbocycles. The third-order valence-corrected chi connectivity index (χ3v) is 2.54. The molecule has 1 aromatic heterocycles. The molecule has 0 fully saturated rings. The molecular formula is C10H7FIN. The van der Waals surface area contributed by atoms with Gasteiger partial charge in [-0.15, -0.1) is 0 Å². The summed E-state index contributed by atoms with van der Waals surface area (Å²) in [7, 11) is 0. The van der Waals surface area contributed by atoms with Crippen LogP contribution in [0.5, 0.6) is 0 Å². The minimum atomic E-state index is -0.214. The monoisotopic (exact) mass is 287 g/mol. The number of hydrogen-bond donors (Lipinski definition) is 0. The van der Waals surface area contributed by atoms with E-state index in [0.717, 1.165) is 8.96 Å². The van der Waals surface area contributed by atoms with E-state index in [0.29, 0.717) is 11.1 Å². The minimum absolute atomic E-state index is 0.214. The van der Waals surface area contributed by atoms with Gasteiger partial charge in [-0.1, -0.05) is 12.1 Å². The Morgan fingerprint density at radius 2 is 2.15 bits per heavy atom. The second kappa shape index (κ2) is 3.21. The van der Waals surface area contributed by atoms with Gasteiger partial charge in [0.25, 0.3) is 0 Å². The highest BCUT2D eigenvalue weighted by Crippen LogP contribution is 2.19. The molecule has 0 aliphatic heterocycles. The molecule has 0 atom stereocenters. The van der Waals surface area contributed by atoms with E-state index in [1.807, 2.05) is 12.1 Å². The number of benzene rings is 1. The summed E-state index contributed by atoms with van der Waals surface area (Å²) in [6, 6.07) is 5.59. The fourth-order valence-corrected chi connectivity index (χ4v) is 1.71. The van der Waals surface area contributed by atoms with Crippen molar-refractivity contribution in [1.29, 1.82) is 0 Å². The van der Waals surface area contributed by atoms with Crippen molar-refractivity contribution in [1.82, 2.24) is 4.98 Å². The van der Waals surface area contributed by atoms with Gasteiger partial charge >= 0.3 is 0 Å². The van der Waals surface area contributed by atoms with E-state index in [1.54, 1.807) is 19.2 Å². The second-order valence-electron chi connectivity index (χ2n) is 2.92. The number of rotatable bonds is 0. The SMILES string of the molecule is Cc1ccc2cc(I)cnc2c1F. The number of pyridine rings is 1. The van der Waals surface area contributed by atoms with Gasteiger partial charge in [0.2, 0.25) is 0 Å². The summed E-state index contributed by atoms with van der Waals surface area (Å²) in [6.07, 6.45) is 1.67. The quantitative estimate of drug-likeness (QED) is 0.678. The van der Waals surface area contributed by atoms with Crippen LogP contribution in [0.15, 0.2) is 24.4 Å². The second-order valence-corrected chi connectivity index (χ2v) is 4.17. The fourth-order valence-electron chi connectivity index (χ4n) is 1.24. The van der Waals surface area contributed by atoms with Crippen molar-refractivity contribution in [3.05, 3.63) is 39.3 Å². The van der Waals surface area contributed by atoms with Crippen LogP contribution in [0.2, 0.25) is 0 Å². The van der Waals surface area contributed by atoms with Crippen molar-refractivity contribution >= 4 is 33.5 Å². The molecular weight excluding hydrogens is 280 g/mol. The molecule has 1 nitrogen and oxygen atoms in total. The van der Waals surface area contributed by atoms with Gasteiger partial charge in [0.05, 0.1) is 0 Å². The van der Waals surface area contributed by atoms with Crippen LogP contribution in [-0.2, 0) is 0 Å². The molecule has 1 heterocycles. The lowest BCUT2D eigenvalue weighted by molar-refractivity contribution is 0.627. The van der Waals surface area contributed by atoms with Crippen molar-refractivity contribution in [3.63, 3.8) is 0 Å². The van der Waals surface area contributed by atoms with Crippen molar-refractivity contribution in [2.45, 2.75) is 6.92 Å². The average molecular weight is 287 g/mol. The van der Waals surface area contributed by atoms with E-state index >= 15 is 0 Å². The molecule has 3 heteroatoms. The lowest BCUT2D eigenvalue weighted by Gasteiger charge is -2.01. The Balaban J connectivity index is 2.87. The van der Waals surface area contributed by atoms with Gasteiger partial charge in [0, 0.05) is 15.2 Å². The first kappa shape index (κ1) is 8.87. The summed E-state index contributed by atoms with van der Waals surface area (Å²) in [5.41, 5.74) is 1.10. The zero-order valence-electron chi connectivity index (χ0n) is 7.01. The van der Waals surface area contributed by atoms with Crippen molar-refractivity contribution in [3.8, 4) is 0 Å². The topological polar surface area (TPSA) is 12.9 Å². The minimum Gasteiger partial charge on any atom is -0.252 e. The predicted molar refractivity (Wildman–Crippen MR) is 59.2 cm³/mol. The fraction of sp³-hybridized carbons (Fsp3) is 0.100. The number of aromatic nitrogens is 1. The van der Waals surface area contributed by atoms with Gasteiger partial charge < -0.3 is 0 Å². The van der Waals surface area contributed by atoms with Crippen LogP contribution < -0.4 is 0 Å². The standard InChI is InChI=1S/C10H7FIN/c1-6-2-3-7-4-8(12)5-13-10(7)9(6)11/h2-5H,1H3. The molecule has 0 unspecified atom stereocenters. The Kier molecular flexibility index (Phi) is 2.19. The number of fused-ring (bicyclic) bond motifs is 1. The molecule has 2 rings (SSSR count). The number of hydrogen-bond acceptors (Lipinski definition) is 1. The molecule has 13 heavy (non-hydrogen) atoms. The van der Waals surface area contributed by atoms with Crippen molar-refractivity contribution < 1.29 is 4.39 Å². The van der Waals surface area contributed by atoms with E-state index in [9.17, 15) is 4.39 Å². The number of nitrogens with zero attached hydrogens (tertiary/aromatic N) is 1. The Labute approximate surface area is 89.1 Å². The summed E-state index contributed by atoms with van der Waals surface area (Å²) in [6.45, 7) is 1.74. The molecule has 0 radical (unpaired) electrons. The molecule has 0 spiro atoms. The van der Waals surface area contributed by atoms with Gasteiger partial charge in [0.15, 0.2) is 5.82 Å². The van der Waals surface area contributed by atoms with Crippen molar-refractivity contribution in [2.24, 2.45) is 0 Å². The van der Waals surface area contributed by atoms with Crippen LogP contribution in [0.4, 0.5) is 4.39 Å². The summed E-state index contributed by atoms with van der Waals surface area (Å²) in [5.74, 6) is -0.214. The summed E-state index contributed by atoms with van der Waals surface area (Å²) < 4.78 is 14.5. The first-order valence-electron chi connectivity index (χ1n) is 3.89. The van der Waals surface area contributed by atoms with E-state index < -0.39 is 0 Å². The lowest BCUT2D eigenvalue weighted by atomic mass is 10.1. The molecule has 2 aromatic rings. The highest BCUT2D eigenvalue weighted by Gasteiger charge is 2.04. The third kappa shape index (κ3) is 1.52. The maximum absolute atomic E-state index is 13.5. The zero-order chi connectivity index (χ0) is 9.42. The average Bonchev–Trinajstić information content (AvgIpc) is 2.12. The highest BCUT2D eigenvalue weighted by atomic mass is 127. The van der Waals surface area contributed by atoms with Crippen molar-refractivity contribution in [2.75, 3.05) is 0 Å². The lowest BCUT2D eigenvalue weighted by Crippen LogP contribution is -1.88. The van der Waals surface area contributed by atoms with Crippen LogP contribution in [0.25, 0.3) is 10.9 Å². The zero-order valence-corrected chi connectivity index (χ0v) is 9.17. The Morgan fingerprint density at radius 3 is 2.92 bits per heavy atom. The molecule has 0 N–H and O–H groups in total. The van der Waals surface area contributed by atoms with Gasteiger partial charge in [-0.2, -0.15) is 0 Å². The Hall–Kier alpha value is -0.710. The maximum atomic E-state index is 13.5. The largest absolute Gasteiger partial charge is 0.252 e. The summed E-state index contributed by atoms with van der Waals surface area (Å²) in [4.78, 5) is 4.06. The third-order valence-electron chi connectivity index (χ3n) is 1.95. The molecule has 0 saturated heterocycles. The molecule has 0 aliphatic carbocycles. The highest BCUT2D eigenvalue weighted by molar-refractivity contribution is 14.1. The molecule has 66 valence electrons.